The maximum absolute atomic E-state index is 8.33. The van der Waals surface area contributed by atoms with E-state index < -0.39 is 6.16 Å². The van der Waals surface area contributed by atoms with Gasteiger partial charge in [-0.05, 0) is 6.16 Å². The molecule has 6 nitrogen and oxygen atoms in total. The van der Waals surface area contributed by atoms with Gasteiger partial charge in [0.05, 0.1) is 0 Å². The SMILES string of the molecule is O=C([O-])[O-].[Al+3].[Ca+2].[OH-].[OH-].[OH-]. The van der Waals surface area contributed by atoms with Crippen molar-refractivity contribution in [2.45, 2.75) is 0 Å². The number of carboxylic acid groups (broad SMARTS) is 2. The molecule has 0 aromatic heterocycles. The molecule has 0 amide bonds. The third kappa shape index (κ3) is 485. The van der Waals surface area contributed by atoms with Crippen LogP contribution in [-0.2, 0) is 0 Å². The average Bonchev–Trinajstić information content (AvgIpc) is 0.811. The fraction of sp³-hybridized carbons (Fsp3) is 0. The largest absolute Gasteiger partial charge is 3.00 e. The number of carbonyl (C=O) groups excluding carboxylic acids is 1. The van der Waals surface area contributed by atoms with Crippen LogP contribution in [0.15, 0.2) is 0 Å². The molecule has 0 aromatic carbocycles. The van der Waals surface area contributed by atoms with E-state index in [1.165, 1.54) is 0 Å². The van der Waals surface area contributed by atoms with Crippen molar-refractivity contribution in [1.82, 2.24) is 0 Å². The Balaban J connectivity index is -0.00000000450. The van der Waals surface area contributed by atoms with Gasteiger partial charge in [-0.25, -0.2) is 0 Å². The maximum atomic E-state index is 8.33. The van der Waals surface area contributed by atoms with E-state index in [0.29, 0.717) is 0 Å². The van der Waals surface area contributed by atoms with E-state index in [1.54, 1.807) is 0 Å². The Morgan fingerprint density at radius 2 is 1.00 bits per heavy atom. The Morgan fingerprint density at radius 3 is 1.00 bits per heavy atom. The zero-order valence-electron chi connectivity index (χ0n) is 4.35. The monoisotopic (exact) mass is 178 g/mol. The summed E-state index contributed by atoms with van der Waals surface area (Å²) in [4.78, 5) is 8.33. The molecule has 8 heteroatoms. The number of rotatable bonds is 0. The van der Waals surface area contributed by atoms with E-state index in [1.807, 2.05) is 0 Å². The van der Waals surface area contributed by atoms with Crippen molar-refractivity contribution in [3.05, 3.63) is 0 Å². The zero-order valence-corrected chi connectivity index (χ0v) is 7.71. The molecule has 0 saturated heterocycles. The van der Waals surface area contributed by atoms with E-state index in [9.17, 15) is 0 Å². The normalized spacial score (nSPS) is 2.67. The summed E-state index contributed by atoms with van der Waals surface area (Å²) in [6, 6.07) is 0. The molecule has 0 bridgehead atoms. The Labute approximate surface area is 91.9 Å². The van der Waals surface area contributed by atoms with Crippen LogP contribution in [0.2, 0.25) is 0 Å². The first-order chi connectivity index (χ1) is 1.73. The van der Waals surface area contributed by atoms with Crippen molar-refractivity contribution in [2.24, 2.45) is 0 Å². The van der Waals surface area contributed by atoms with Gasteiger partial charge in [0.2, 0.25) is 0 Å². The van der Waals surface area contributed by atoms with Crippen LogP contribution in [0.1, 0.15) is 0 Å². The topological polar surface area (TPSA) is 153 Å². The van der Waals surface area contributed by atoms with Gasteiger partial charge in [0.15, 0.2) is 0 Å². The van der Waals surface area contributed by atoms with E-state index in [2.05, 4.69) is 0 Å². The minimum absolute atomic E-state index is 0. The Hall–Kier alpha value is 0.942. The molecule has 0 aliphatic rings. The summed E-state index contributed by atoms with van der Waals surface area (Å²) in [7, 11) is 0. The van der Waals surface area contributed by atoms with Crippen molar-refractivity contribution in [2.75, 3.05) is 0 Å². The molecular formula is CH3AlCaO6. The summed E-state index contributed by atoms with van der Waals surface area (Å²) in [5.74, 6) is 0. The predicted molar refractivity (Wildman–Crippen MR) is 22.7 cm³/mol. The summed E-state index contributed by atoms with van der Waals surface area (Å²) in [5, 5.41) is 16.7. The fourth-order valence-electron chi connectivity index (χ4n) is 0. The van der Waals surface area contributed by atoms with Gasteiger partial charge in [0.25, 0.3) is 0 Å². The van der Waals surface area contributed by atoms with Gasteiger partial charge in [-0.1, -0.05) is 0 Å². The molecule has 0 spiro atoms. The van der Waals surface area contributed by atoms with Crippen LogP contribution in [-0.4, -0.2) is 77.7 Å². The van der Waals surface area contributed by atoms with Gasteiger partial charge >= 0.3 is 55.1 Å². The third-order valence-corrected chi connectivity index (χ3v) is 0. The molecule has 0 radical (unpaired) electrons. The molecule has 0 aliphatic carbocycles. The number of hydrogen-bond donors (Lipinski definition) is 0. The molecule has 48 valence electrons. The van der Waals surface area contributed by atoms with E-state index >= 15 is 0 Å². The zero-order chi connectivity index (χ0) is 3.58. The predicted octanol–water partition coefficient (Wildman–Crippen LogP) is -3.74. The van der Waals surface area contributed by atoms with Gasteiger partial charge in [0, 0.05) is 0 Å². The molecule has 0 rings (SSSR count). The minimum atomic E-state index is -2.33. The molecule has 0 unspecified atom stereocenters. The van der Waals surface area contributed by atoms with Crippen molar-refractivity contribution in [1.29, 1.82) is 0 Å². The number of carbonyl (C=O) groups is 1. The Morgan fingerprint density at radius 1 is 1.00 bits per heavy atom. The summed E-state index contributed by atoms with van der Waals surface area (Å²) >= 11 is 0. The summed E-state index contributed by atoms with van der Waals surface area (Å²) in [6.45, 7) is 0. The van der Waals surface area contributed by atoms with E-state index in [-0.39, 0.29) is 71.5 Å². The van der Waals surface area contributed by atoms with Crippen molar-refractivity contribution < 1.29 is 31.4 Å². The van der Waals surface area contributed by atoms with Gasteiger partial charge in [-0.3, -0.25) is 0 Å². The summed E-state index contributed by atoms with van der Waals surface area (Å²) in [6.07, 6.45) is -2.33. The van der Waals surface area contributed by atoms with Crippen LogP contribution in [0.5, 0.6) is 0 Å². The standard InChI is InChI=1S/CH2O3.Al.Ca.3H2O/c2-1(3)4;;;;;/h(H2,2,3,4);;;3*1H2/q;+3;+2;;;/p-5. The first kappa shape index (κ1) is 51.2. The van der Waals surface area contributed by atoms with E-state index in [0.717, 1.165) is 0 Å². The smallest absolute Gasteiger partial charge is 0.870 e. The molecule has 0 fully saturated rings. The van der Waals surface area contributed by atoms with Crippen molar-refractivity contribution in [3.63, 3.8) is 0 Å². The van der Waals surface area contributed by atoms with Gasteiger partial charge in [-0.15, -0.1) is 0 Å². The molecular weight excluding hydrogens is 175 g/mol. The maximum Gasteiger partial charge on any atom is 3.00 e. The fourth-order valence-corrected chi connectivity index (χ4v) is 0. The van der Waals surface area contributed by atoms with Crippen molar-refractivity contribution in [3.8, 4) is 0 Å². The molecule has 0 saturated carbocycles. The van der Waals surface area contributed by atoms with Crippen LogP contribution < -0.4 is 10.2 Å². The van der Waals surface area contributed by atoms with Crippen molar-refractivity contribution >= 4 is 61.3 Å². The third-order valence-electron chi connectivity index (χ3n) is 0. The van der Waals surface area contributed by atoms with Gasteiger partial charge in [-0.2, -0.15) is 0 Å². The second-order valence-electron chi connectivity index (χ2n) is 0.250. The molecule has 3 N–H and O–H groups in total. The molecule has 0 heterocycles. The summed E-state index contributed by atoms with van der Waals surface area (Å²) in [5.41, 5.74) is 0. The molecule has 9 heavy (non-hydrogen) atoms. The minimum Gasteiger partial charge on any atom is -0.870 e. The molecule has 0 atom stereocenters. The first-order valence-electron chi connectivity index (χ1n) is 0.612. The second kappa shape index (κ2) is 36.3. The Bertz CT molecular complexity index is 36.0. The molecule has 0 aromatic rings. The first-order valence-corrected chi connectivity index (χ1v) is 0.612. The van der Waals surface area contributed by atoms with E-state index in [4.69, 9.17) is 15.0 Å². The number of hydrogen-bond acceptors (Lipinski definition) is 6. The summed E-state index contributed by atoms with van der Waals surface area (Å²) < 4.78 is 0. The van der Waals surface area contributed by atoms with Crippen LogP contribution >= 0.6 is 0 Å². The van der Waals surface area contributed by atoms with Gasteiger partial charge < -0.3 is 31.4 Å². The van der Waals surface area contributed by atoms with Gasteiger partial charge in [0.1, 0.15) is 0 Å². The van der Waals surface area contributed by atoms with Crippen LogP contribution in [0, 0.1) is 0 Å². The quantitative estimate of drug-likeness (QED) is 0.347. The van der Waals surface area contributed by atoms with Crippen LogP contribution in [0.4, 0.5) is 4.79 Å². The second-order valence-corrected chi connectivity index (χ2v) is 0.250. The van der Waals surface area contributed by atoms with Crippen LogP contribution in [0.3, 0.4) is 0 Å². The molecule has 0 aliphatic heterocycles. The Kier molecular flexibility index (Phi) is 206. The average molecular weight is 178 g/mol. The van der Waals surface area contributed by atoms with Crippen LogP contribution in [0.25, 0.3) is 0 Å².